The number of para-hydroxylation sites is 2. The van der Waals surface area contributed by atoms with Crippen LogP contribution in [0, 0.1) is 5.92 Å². The zero-order valence-corrected chi connectivity index (χ0v) is 40.5. The minimum absolute atomic E-state index is 0.0401. The van der Waals surface area contributed by atoms with E-state index in [4.69, 9.17) is 14.4 Å². The lowest BCUT2D eigenvalue weighted by Crippen LogP contribution is -2.18. The highest BCUT2D eigenvalue weighted by Gasteiger charge is 2.28. The number of thiophene rings is 1. The zero-order chi connectivity index (χ0) is 47.9. The largest absolute Gasteiger partial charge is 0.453 e. The second-order valence-electron chi connectivity index (χ2n) is 19.6. The second kappa shape index (κ2) is 15.4. The summed E-state index contributed by atoms with van der Waals surface area (Å²) in [5.41, 5.74) is 10.1. The monoisotopic (exact) mass is 950 g/mol. The summed E-state index contributed by atoms with van der Waals surface area (Å²) >= 11 is 1.84. The van der Waals surface area contributed by atoms with E-state index in [1.807, 2.05) is 11.3 Å². The van der Waals surface area contributed by atoms with Crippen LogP contribution in [0.1, 0.15) is 24.5 Å². The Bertz CT molecular complexity index is 4920. The van der Waals surface area contributed by atoms with E-state index in [9.17, 15) is 0 Å². The van der Waals surface area contributed by atoms with Crippen LogP contribution < -0.4 is 0 Å². The summed E-state index contributed by atoms with van der Waals surface area (Å²) in [7, 11) is 0. The van der Waals surface area contributed by atoms with Gasteiger partial charge in [-0.2, -0.15) is 0 Å². The number of fused-ring (bicyclic) bond motifs is 17. The molecule has 0 fully saturated rings. The molecule has 0 amide bonds. The minimum atomic E-state index is 0.0401. The van der Waals surface area contributed by atoms with Crippen molar-refractivity contribution in [3.05, 3.63) is 230 Å². The maximum absolute atomic E-state index is 7.51. The molecule has 15 aromatic rings. The average Bonchev–Trinajstić information content (AvgIpc) is 4.20. The zero-order valence-electron chi connectivity index (χ0n) is 39.7. The van der Waals surface area contributed by atoms with Gasteiger partial charge in [0.1, 0.15) is 11.4 Å². The van der Waals surface area contributed by atoms with E-state index < -0.39 is 0 Å². The lowest BCUT2D eigenvalue weighted by Gasteiger charge is -2.20. The molecule has 4 aromatic heterocycles. The molecule has 16 rings (SSSR count). The second-order valence-corrected chi connectivity index (χ2v) is 20.7. The van der Waals surface area contributed by atoms with Gasteiger partial charge in [-0.05, 0) is 88.6 Å². The fraction of sp³-hybridized carbons (Fsp3) is 0.0448. The van der Waals surface area contributed by atoms with E-state index in [1.165, 1.54) is 63.3 Å². The van der Waals surface area contributed by atoms with Crippen LogP contribution in [0.15, 0.2) is 233 Å². The van der Waals surface area contributed by atoms with Gasteiger partial charge in [0, 0.05) is 80.3 Å². The van der Waals surface area contributed by atoms with Crippen molar-refractivity contribution in [2.24, 2.45) is 15.9 Å². The average molecular weight is 951 g/mol. The number of benzene rings is 11. The van der Waals surface area contributed by atoms with E-state index in [1.54, 1.807) is 0 Å². The first-order valence-corrected chi connectivity index (χ1v) is 25.9. The van der Waals surface area contributed by atoms with Crippen LogP contribution >= 0.6 is 11.3 Å². The summed E-state index contributed by atoms with van der Waals surface area (Å²) in [6.07, 6.45) is 3.08. The Morgan fingerprint density at radius 1 is 0.438 bits per heavy atom. The maximum Gasteiger partial charge on any atom is 0.162 e. The number of aliphatic imine (C=N–C) groups is 2. The molecule has 0 bridgehead atoms. The molecule has 0 spiro atoms. The summed E-state index contributed by atoms with van der Waals surface area (Å²) < 4.78 is 14.8. The van der Waals surface area contributed by atoms with Gasteiger partial charge in [-0.1, -0.05) is 165 Å². The molecule has 1 atom stereocenters. The first-order chi connectivity index (χ1) is 36.1. The number of aromatic nitrogens is 2. The molecule has 5 nitrogen and oxygen atoms in total. The van der Waals surface area contributed by atoms with Crippen molar-refractivity contribution < 1.29 is 4.42 Å². The van der Waals surface area contributed by atoms with Gasteiger partial charge < -0.3 is 8.98 Å². The van der Waals surface area contributed by atoms with E-state index in [2.05, 4.69) is 234 Å². The number of rotatable bonds is 4. The van der Waals surface area contributed by atoms with Gasteiger partial charge in [0.15, 0.2) is 11.4 Å². The number of furan rings is 1. The maximum atomic E-state index is 7.51. The summed E-state index contributed by atoms with van der Waals surface area (Å²) in [5.74, 6) is 1.52. The first-order valence-electron chi connectivity index (χ1n) is 25.1. The van der Waals surface area contributed by atoms with Crippen LogP contribution in [-0.4, -0.2) is 20.7 Å². The van der Waals surface area contributed by atoms with Crippen molar-refractivity contribution in [1.29, 1.82) is 0 Å². The highest BCUT2D eigenvalue weighted by atomic mass is 32.1. The Morgan fingerprint density at radius 2 is 1.07 bits per heavy atom. The van der Waals surface area contributed by atoms with Gasteiger partial charge >= 0.3 is 0 Å². The lowest BCUT2D eigenvalue weighted by molar-refractivity contribution is 0.670. The molecule has 0 saturated carbocycles. The van der Waals surface area contributed by atoms with Crippen molar-refractivity contribution in [2.75, 3.05) is 0 Å². The van der Waals surface area contributed by atoms with Gasteiger partial charge in [-0.3, -0.25) is 4.57 Å². The van der Waals surface area contributed by atoms with E-state index >= 15 is 0 Å². The molecule has 1 unspecified atom stereocenters. The van der Waals surface area contributed by atoms with Crippen LogP contribution in [0.3, 0.4) is 0 Å². The fourth-order valence-electron chi connectivity index (χ4n) is 12.2. The highest BCUT2D eigenvalue weighted by Crippen LogP contribution is 2.45. The molecule has 342 valence electrons. The summed E-state index contributed by atoms with van der Waals surface area (Å²) in [5, 5.41) is 16.2. The summed E-state index contributed by atoms with van der Waals surface area (Å²) in [6.45, 7) is 2.32. The number of allylic oxidation sites excluding steroid dienone is 1. The molecule has 0 saturated heterocycles. The van der Waals surface area contributed by atoms with Gasteiger partial charge in [0.05, 0.1) is 33.5 Å². The van der Waals surface area contributed by atoms with Crippen molar-refractivity contribution in [3.8, 4) is 5.69 Å². The topological polar surface area (TPSA) is 47.7 Å². The molecular formula is C67H42N4OS. The molecular weight excluding hydrogens is 909 g/mol. The number of amidine groups is 1. The summed E-state index contributed by atoms with van der Waals surface area (Å²) in [4.78, 5) is 11.8. The Kier molecular flexibility index (Phi) is 8.59. The molecule has 0 aliphatic carbocycles. The van der Waals surface area contributed by atoms with Crippen LogP contribution in [0.2, 0.25) is 0 Å². The van der Waals surface area contributed by atoms with Crippen molar-refractivity contribution in [3.63, 3.8) is 0 Å². The van der Waals surface area contributed by atoms with Gasteiger partial charge in [0.25, 0.3) is 0 Å². The molecule has 6 heteroatoms. The van der Waals surface area contributed by atoms with Crippen molar-refractivity contribution in [2.45, 2.75) is 13.3 Å². The van der Waals surface area contributed by atoms with E-state index in [0.29, 0.717) is 5.84 Å². The predicted octanol–water partition coefficient (Wildman–Crippen LogP) is 18.4. The Labute approximate surface area is 422 Å². The minimum Gasteiger partial charge on any atom is -0.453 e. The van der Waals surface area contributed by atoms with Crippen LogP contribution in [-0.2, 0) is 0 Å². The third-order valence-corrected chi connectivity index (χ3v) is 16.7. The number of hydrogen-bond acceptors (Lipinski definition) is 4. The van der Waals surface area contributed by atoms with Crippen LogP contribution in [0.25, 0.3) is 130 Å². The van der Waals surface area contributed by atoms with Crippen molar-refractivity contribution in [1.82, 2.24) is 9.13 Å². The Hall–Kier alpha value is -9.10. The Morgan fingerprint density at radius 3 is 1.85 bits per heavy atom. The highest BCUT2D eigenvalue weighted by molar-refractivity contribution is 7.25. The molecule has 5 heterocycles. The third kappa shape index (κ3) is 5.90. The number of hydrogen-bond donors (Lipinski definition) is 0. The lowest BCUT2D eigenvalue weighted by atomic mass is 9.91. The smallest absolute Gasteiger partial charge is 0.162 e. The normalized spacial score (nSPS) is 15.4. The van der Waals surface area contributed by atoms with Gasteiger partial charge in [-0.15, -0.1) is 11.3 Å². The molecule has 11 aromatic carbocycles. The summed E-state index contributed by atoms with van der Waals surface area (Å²) in [6, 6.07) is 77.1. The third-order valence-electron chi connectivity index (χ3n) is 15.5. The van der Waals surface area contributed by atoms with Crippen molar-refractivity contribution >= 4 is 147 Å². The Balaban J connectivity index is 1.05. The van der Waals surface area contributed by atoms with Gasteiger partial charge in [-0.25, -0.2) is 9.98 Å². The van der Waals surface area contributed by atoms with E-state index in [-0.39, 0.29) is 5.92 Å². The van der Waals surface area contributed by atoms with Crippen LogP contribution in [0.4, 0.5) is 0 Å². The number of nitrogens with zero attached hydrogens (tertiary/aromatic N) is 4. The van der Waals surface area contributed by atoms with E-state index in [0.717, 1.165) is 89.5 Å². The quantitative estimate of drug-likeness (QED) is 0.173. The molecule has 1 aliphatic rings. The molecule has 0 N–H and O–H groups in total. The molecule has 0 radical (unpaired) electrons. The standard InChI is InChI=1S/C67H42N4OS/c1-39-29-36-60(70-54-25-11-8-21-46(54)47-22-9-12-26-55(47)70)68-67(69-63(39)50-24-14-28-59-61(50)49-23-10-13-27-58(49)73-59)52-34-35-56(66-62(52)51-33-31-41-16-5-7-20-45(41)65(51)72-66)71-57-38-43-18-3-2-17-42(43)37-53(57)48-32-30-40-15-4-6-19-44(40)64(48)71/h2-28,30-39H,29H2,1H3/b60-36-,68-67?,69-63?. The fourth-order valence-corrected chi connectivity index (χ4v) is 13.3. The van der Waals surface area contributed by atoms with Gasteiger partial charge in [0.2, 0.25) is 0 Å². The molecule has 73 heavy (non-hydrogen) atoms. The SMILES string of the molecule is CC1C/C=C(\n2c3ccccc3c3ccccc32)N=C(c2ccc(-n3c4cc5ccccc5cc4c4ccc5ccccc5c43)c3oc4c5ccccc5ccc4c23)N=C1c1cccc2sc3ccccc3c12. The predicted molar refractivity (Wildman–Crippen MR) is 310 cm³/mol. The first kappa shape index (κ1) is 40.6. The van der Waals surface area contributed by atoms with Crippen LogP contribution in [0.5, 0.6) is 0 Å². The molecule has 1 aliphatic heterocycles.